The summed E-state index contributed by atoms with van der Waals surface area (Å²) in [7, 11) is 0. The van der Waals surface area contributed by atoms with E-state index in [0.717, 1.165) is 77.1 Å². The van der Waals surface area contributed by atoms with Crippen molar-refractivity contribution in [2.45, 2.75) is 0 Å². The minimum atomic E-state index is 0.696. The van der Waals surface area contributed by atoms with Gasteiger partial charge in [0.15, 0.2) is 11.6 Å². The van der Waals surface area contributed by atoms with Crippen molar-refractivity contribution in [3.05, 3.63) is 158 Å². The highest BCUT2D eigenvalue weighted by atomic mass is 32.1. The largest absolute Gasteiger partial charge is 0.228 e. The van der Waals surface area contributed by atoms with Gasteiger partial charge in [0.1, 0.15) is 0 Å². The molecule has 0 fully saturated rings. The number of hydrogen-bond donors (Lipinski definition) is 0. The zero-order valence-corrected chi connectivity index (χ0v) is 26.0. The summed E-state index contributed by atoms with van der Waals surface area (Å²) in [5.74, 6) is 1.42. The normalized spacial score (nSPS) is 11.4. The molecule has 9 aromatic rings. The average Bonchev–Trinajstić information content (AvgIpc) is 3.53. The van der Waals surface area contributed by atoms with Gasteiger partial charge in [-0.2, -0.15) is 0 Å². The van der Waals surface area contributed by atoms with Crippen LogP contribution in [0.4, 0.5) is 0 Å². The van der Waals surface area contributed by atoms with Gasteiger partial charge >= 0.3 is 0 Å². The van der Waals surface area contributed by atoms with Gasteiger partial charge in [0.05, 0.1) is 27.3 Å². The van der Waals surface area contributed by atoms with Gasteiger partial charge in [-0.05, 0) is 35.0 Å². The van der Waals surface area contributed by atoms with Crippen molar-refractivity contribution >= 4 is 42.4 Å². The van der Waals surface area contributed by atoms with Gasteiger partial charge in [-0.15, -0.1) is 11.3 Å². The summed E-state index contributed by atoms with van der Waals surface area (Å²) in [6.45, 7) is 0. The van der Waals surface area contributed by atoms with E-state index >= 15 is 0 Å². The Labute approximate surface area is 275 Å². The Morgan fingerprint density at radius 1 is 0.383 bits per heavy atom. The number of hydrogen-bond acceptors (Lipinski definition) is 5. The highest BCUT2D eigenvalue weighted by Gasteiger charge is 2.17. The molecule has 0 aliphatic rings. The van der Waals surface area contributed by atoms with Crippen LogP contribution in [0.2, 0.25) is 0 Å². The lowest BCUT2D eigenvalue weighted by Gasteiger charge is -2.11. The number of fused-ring (bicyclic) bond motifs is 4. The fraction of sp³-hybridized carbons (Fsp3) is 0. The van der Waals surface area contributed by atoms with Crippen LogP contribution in [0.3, 0.4) is 0 Å². The van der Waals surface area contributed by atoms with Crippen molar-refractivity contribution in [3.8, 4) is 56.5 Å². The molecule has 47 heavy (non-hydrogen) atoms. The Morgan fingerprint density at radius 2 is 0.894 bits per heavy atom. The molecule has 9 rings (SSSR count). The molecule has 0 radical (unpaired) electrons. The van der Waals surface area contributed by atoms with Crippen LogP contribution >= 0.6 is 11.3 Å². The average molecular weight is 619 g/mol. The van der Waals surface area contributed by atoms with Crippen molar-refractivity contribution < 1.29 is 0 Å². The van der Waals surface area contributed by atoms with E-state index in [-0.39, 0.29) is 0 Å². The summed E-state index contributed by atoms with van der Waals surface area (Å²) < 4.78 is 2.32. The molecule has 0 aliphatic heterocycles. The Bertz CT molecular complexity index is 2500. The van der Waals surface area contributed by atoms with E-state index in [0.29, 0.717) is 5.82 Å². The van der Waals surface area contributed by atoms with Gasteiger partial charge in [-0.1, -0.05) is 133 Å². The maximum atomic E-state index is 5.16. The zero-order valence-electron chi connectivity index (χ0n) is 25.2. The molecular weight excluding hydrogens is 593 g/mol. The Balaban J connectivity index is 1.16. The van der Waals surface area contributed by atoms with Crippen LogP contribution in [0.5, 0.6) is 0 Å². The molecule has 0 saturated carbocycles. The molecule has 0 unspecified atom stereocenters. The van der Waals surface area contributed by atoms with E-state index in [4.69, 9.17) is 19.9 Å². The van der Waals surface area contributed by atoms with E-state index in [2.05, 4.69) is 115 Å². The maximum Gasteiger partial charge on any atom is 0.160 e. The quantitative estimate of drug-likeness (QED) is 0.193. The Kier molecular flexibility index (Phi) is 6.61. The van der Waals surface area contributed by atoms with Crippen LogP contribution in [0.25, 0.3) is 87.6 Å². The van der Waals surface area contributed by atoms with Crippen LogP contribution in [0.1, 0.15) is 0 Å². The first-order valence-electron chi connectivity index (χ1n) is 15.6. The van der Waals surface area contributed by atoms with E-state index in [9.17, 15) is 0 Å². The molecule has 6 aromatic carbocycles. The highest BCUT2D eigenvalue weighted by molar-refractivity contribution is 7.26. The minimum Gasteiger partial charge on any atom is -0.228 e. The number of thiophene rings is 1. The second-order valence-electron chi connectivity index (χ2n) is 11.5. The monoisotopic (exact) mass is 618 g/mol. The van der Waals surface area contributed by atoms with Gasteiger partial charge in [-0.3, -0.25) is 0 Å². The maximum absolute atomic E-state index is 5.16. The summed E-state index contributed by atoms with van der Waals surface area (Å²) >= 11 is 1.75. The SMILES string of the molecule is c1ccc(-c2cc(-c3ccccc3)nc(-c3ccc4cc(-c5nc(-c6ccccc6)c6sc7ccccc7c6n5)ccc4c3)n2)cc1. The fourth-order valence-corrected chi connectivity index (χ4v) is 7.28. The summed E-state index contributed by atoms with van der Waals surface area (Å²) in [6, 6.07) is 54.4. The third-order valence-corrected chi connectivity index (χ3v) is 9.66. The van der Waals surface area contributed by atoms with Gasteiger partial charge in [0.2, 0.25) is 0 Å². The van der Waals surface area contributed by atoms with Crippen LogP contribution in [-0.4, -0.2) is 19.9 Å². The van der Waals surface area contributed by atoms with Crippen molar-refractivity contribution in [2.24, 2.45) is 0 Å². The van der Waals surface area contributed by atoms with Crippen LogP contribution in [0.15, 0.2) is 158 Å². The molecule has 220 valence electrons. The topological polar surface area (TPSA) is 51.6 Å². The number of rotatable bonds is 5. The van der Waals surface area contributed by atoms with Crippen molar-refractivity contribution in [1.82, 2.24) is 19.9 Å². The standard InChI is InChI=1S/C42H26N4S/c1-4-12-27(13-5-1)35-26-36(28-14-6-2-7-15-28)44-41(43-35)32-22-20-31-25-33(23-21-30(31)24-32)42-45-38(29-16-8-3-9-17-29)40-39(46-42)34-18-10-11-19-37(34)47-40/h1-26H. The predicted octanol–water partition coefficient (Wildman–Crippen LogP) is 11.1. The van der Waals surface area contributed by atoms with Crippen molar-refractivity contribution in [3.63, 3.8) is 0 Å². The summed E-state index contributed by atoms with van der Waals surface area (Å²) in [6.07, 6.45) is 0. The minimum absolute atomic E-state index is 0.696. The first-order valence-corrected chi connectivity index (χ1v) is 16.4. The van der Waals surface area contributed by atoms with Gasteiger partial charge in [0.25, 0.3) is 0 Å². The number of aromatic nitrogens is 4. The molecule has 3 aromatic heterocycles. The molecule has 3 heterocycles. The molecule has 5 heteroatoms. The third-order valence-electron chi connectivity index (χ3n) is 8.49. The summed E-state index contributed by atoms with van der Waals surface area (Å²) in [5, 5.41) is 3.37. The number of benzene rings is 6. The fourth-order valence-electron chi connectivity index (χ4n) is 6.13. The smallest absolute Gasteiger partial charge is 0.160 e. The predicted molar refractivity (Wildman–Crippen MR) is 195 cm³/mol. The van der Waals surface area contributed by atoms with Gasteiger partial charge in [-0.25, -0.2) is 19.9 Å². The molecule has 0 N–H and O–H groups in total. The first kappa shape index (κ1) is 27.3. The second kappa shape index (κ2) is 11.4. The third kappa shape index (κ3) is 5.03. The molecular formula is C42H26N4S. The van der Waals surface area contributed by atoms with E-state index in [1.54, 1.807) is 11.3 Å². The van der Waals surface area contributed by atoms with Crippen LogP contribution in [0, 0.1) is 0 Å². The molecule has 0 spiro atoms. The molecule has 0 saturated heterocycles. The first-order chi connectivity index (χ1) is 23.3. The van der Waals surface area contributed by atoms with Crippen LogP contribution < -0.4 is 0 Å². The zero-order chi connectivity index (χ0) is 31.2. The lowest BCUT2D eigenvalue weighted by Crippen LogP contribution is -1.96. The molecule has 0 bridgehead atoms. The molecule has 4 nitrogen and oxygen atoms in total. The van der Waals surface area contributed by atoms with Crippen molar-refractivity contribution in [2.75, 3.05) is 0 Å². The number of nitrogens with zero attached hydrogens (tertiary/aromatic N) is 4. The summed E-state index contributed by atoms with van der Waals surface area (Å²) in [5.41, 5.74) is 8.91. The Morgan fingerprint density at radius 3 is 1.49 bits per heavy atom. The van der Waals surface area contributed by atoms with E-state index in [1.165, 1.54) is 4.70 Å². The lowest BCUT2D eigenvalue weighted by molar-refractivity contribution is 1.18. The van der Waals surface area contributed by atoms with Crippen LogP contribution in [-0.2, 0) is 0 Å². The van der Waals surface area contributed by atoms with Gasteiger partial charge in [0, 0.05) is 37.9 Å². The summed E-state index contributed by atoms with van der Waals surface area (Å²) in [4.78, 5) is 20.4. The van der Waals surface area contributed by atoms with Crippen molar-refractivity contribution in [1.29, 1.82) is 0 Å². The van der Waals surface area contributed by atoms with E-state index in [1.807, 2.05) is 42.5 Å². The molecule has 0 amide bonds. The Hall–Kier alpha value is -6.04. The molecule has 0 aliphatic carbocycles. The second-order valence-corrected chi connectivity index (χ2v) is 12.6. The van der Waals surface area contributed by atoms with E-state index < -0.39 is 0 Å². The molecule has 0 atom stereocenters. The lowest BCUT2D eigenvalue weighted by atomic mass is 10.0. The van der Waals surface area contributed by atoms with Gasteiger partial charge < -0.3 is 0 Å². The highest BCUT2D eigenvalue weighted by Crippen LogP contribution is 2.39.